The number of carbonyl (C=O) groups is 1. The number of hydrogen-bond donors (Lipinski definition) is 1. The van der Waals surface area contributed by atoms with Crippen LogP contribution in [0.5, 0.6) is 5.75 Å². The van der Waals surface area contributed by atoms with E-state index in [-0.39, 0.29) is 30.3 Å². The number of amides is 1. The molecular weight excluding hydrogens is 300 g/mol. The summed E-state index contributed by atoms with van der Waals surface area (Å²) in [5.74, 6) is 1.23. The fraction of sp³-hybridized carbons (Fsp3) is 0.588. The molecular formula is C17H27ClN2O2. The van der Waals surface area contributed by atoms with Crippen LogP contribution < -0.4 is 10.5 Å². The molecule has 2 rings (SSSR count). The molecule has 22 heavy (non-hydrogen) atoms. The van der Waals surface area contributed by atoms with E-state index in [4.69, 9.17) is 10.5 Å². The zero-order valence-corrected chi connectivity index (χ0v) is 14.3. The summed E-state index contributed by atoms with van der Waals surface area (Å²) in [6, 6.07) is 8.15. The number of nitrogens with two attached hydrogens (primary N) is 1. The van der Waals surface area contributed by atoms with Gasteiger partial charge in [-0.15, -0.1) is 12.4 Å². The monoisotopic (exact) mass is 326 g/mol. The minimum atomic E-state index is 0. The molecule has 0 spiro atoms. The van der Waals surface area contributed by atoms with Crippen molar-refractivity contribution >= 4 is 18.3 Å². The van der Waals surface area contributed by atoms with Gasteiger partial charge in [-0.3, -0.25) is 4.79 Å². The van der Waals surface area contributed by atoms with Gasteiger partial charge in [-0.1, -0.05) is 24.6 Å². The fourth-order valence-corrected chi connectivity index (χ4v) is 3.07. The maximum atomic E-state index is 12.5. The normalized spacial score (nSPS) is 20.9. The van der Waals surface area contributed by atoms with Crippen LogP contribution in [-0.2, 0) is 11.2 Å². The Bertz CT molecular complexity index is 481. The SMILES string of the molecule is COc1ccccc1CCN(C)C(=O)C1CCCC(N)C1.Cl. The number of para-hydroxylation sites is 1. The Balaban J connectivity index is 0.00000242. The molecule has 5 heteroatoms. The molecule has 1 saturated carbocycles. The second-order valence-electron chi connectivity index (χ2n) is 5.95. The van der Waals surface area contributed by atoms with Gasteiger partial charge in [-0.2, -0.15) is 0 Å². The molecule has 1 aliphatic rings. The van der Waals surface area contributed by atoms with Crippen molar-refractivity contribution in [3.63, 3.8) is 0 Å². The van der Waals surface area contributed by atoms with Gasteiger partial charge in [0, 0.05) is 25.6 Å². The fourth-order valence-electron chi connectivity index (χ4n) is 3.07. The van der Waals surface area contributed by atoms with Crippen molar-refractivity contribution in [2.75, 3.05) is 20.7 Å². The van der Waals surface area contributed by atoms with Crippen molar-refractivity contribution in [2.45, 2.75) is 38.1 Å². The Kier molecular flexibility index (Phi) is 7.69. The summed E-state index contributed by atoms with van der Waals surface area (Å²) in [7, 11) is 3.56. The third-order valence-electron chi connectivity index (χ3n) is 4.35. The van der Waals surface area contributed by atoms with Gasteiger partial charge >= 0.3 is 0 Å². The molecule has 0 bridgehead atoms. The maximum Gasteiger partial charge on any atom is 0.225 e. The van der Waals surface area contributed by atoms with Crippen LogP contribution in [0.2, 0.25) is 0 Å². The molecule has 2 unspecified atom stereocenters. The van der Waals surface area contributed by atoms with Crippen molar-refractivity contribution in [1.29, 1.82) is 0 Å². The van der Waals surface area contributed by atoms with Crippen molar-refractivity contribution < 1.29 is 9.53 Å². The van der Waals surface area contributed by atoms with E-state index in [9.17, 15) is 4.79 Å². The number of halogens is 1. The lowest BCUT2D eigenvalue weighted by atomic mass is 9.85. The number of carbonyl (C=O) groups excluding carboxylic acids is 1. The lowest BCUT2D eigenvalue weighted by Crippen LogP contribution is -2.39. The zero-order valence-electron chi connectivity index (χ0n) is 13.5. The van der Waals surface area contributed by atoms with E-state index in [1.807, 2.05) is 36.2 Å². The van der Waals surface area contributed by atoms with E-state index in [1.165, 1.54) is 0 Å². The molecule has 1 amide bonds. The summed E-state index contributed by atoms with van der Waals surface area (Å²) < 4.78 is 5.35. The van der Waals surface area contributed by atoms with Crippen molar-refractivity contribution in [3.8, 4) is 5.75 Å². The first kappa shape index (κ1) is 18.8. The molecule has 0 aromatic heterocycles. The molecule has 1 aromatic carbocycles. The highest BCUT2D eigenvalue weighted by Crippen LogP contribution is 2.25. The third kappa shape index (κ3) is 4.89. The van der Waals surface area contributed by atoms with Crippen molar-refractivity contribution in [1.82, 2.24) is 4.90 Å². The Morgan fingerprint density at radius 3 is 2.77 bits per heavy atom. The van der Waals surface area contributed by atoms with Gasteiger partial charge in [-0.25, -0.2) is 0 Å². The molecule has 1 aliphatic carbocycles. The van der Waals surface area contributed by atoms with E-state index in [0.29, 0.717) is 6.54 Å². The van der Waals surface area contributed by atoms with Crippen molar-refractivity contribution in [2.24, 2.45) is 11.7 Å². The summed E-state index contributed by atoms with van der Waals surface area (Å²) in [6.45, 7) is 0.713. The van der Waals surface area contributed by atoms with Gasteiger partial charge in [0.15, 0.2) is 0 Å². The van der Waals surface area contributed by atoms with E-state index < -0.39 is 0 Å². The minimum Gasteiger partial charge on any atom is -0.496 e. The predicted octanol–water partition coefficient (Wildman–Crippen LogP) is 2.64. The average molecular weight is 327 g/mol. The number of ether oxygens (including phenoxy) is 1. The van der Waals surface area contributed by atoms with Crippen LogP contribution in [0.25, 0.3) is 0 Å². The number of rotatable bonds is 5. The molecule has 1 fully saturated rings. The highest BCUT2D eigenvalue weighted by molar-refractivity contribution is 5.85. The molecule has 0 heterocycles. The van der Waals surface area contributed by atoms with Crippen LogP contribution in [0.3, 0.4) is 0 Å². The number of methoxy groups -OCH3 is 1. The minimum absolute atomic E-state index is 0. The smallest absolute Gasteiger partial charge is 0.225 e. The van der Waals surface area contributed by atoms with E-state index in [2.05, 4.69) is 0 Å². The van der Waals surface area contributed by atoms with Crippen LogP contribution >= 0.6 is 12.4 Å². The first-order valence-corrected chi connectivity index (χ1v) is 7.74. The van der Waals surface area contributed by atoms with Gasteiger partial charge in [0.2, 0.25) is 5.91 Å². The Hall–Kier alpha value is -1.26. The lowest BCUT2D eigenvalue weighted by Gasteiger charge is -2.29. The second kappa shape index (κ2) is 9.01. The molecule has 124 valence electrons. The van der Waals surface area contributed by atoms with Crippen LogP contribution in [0.1, 0.15) is 31.2 Å². The zero-order chi connectivity index (χ0) is 15.2. The Labute approximate surface area is 139 Å². The van der Waals surface area contributed by atoms with Gasteiger partial charge in [-0.05, 0) is 37.3 Å². The number of likely N-dealkylation sites (N-methyl/N-ethyl adjacent to an activating group) is 1. The van der Waals surface area contributed by atoms with E-state index in [1.54, 1.807) is 7.11 Å². The average Bonchev–Trinajstić information content (AvgIpc) is 2.52. The molecule has 0 saturated heterocycles. The van der Waals surface area contributed by atoms with Crippen LogP contribution in [-0.4, -0.2) is 37.6 Å². The Morgan fingerprint density at radius 1 is 1.36 bits per heavy atom. The van der Waals surface area contributed by atoms with Gasteiger partial charge in [0.25, 0.3) is 0 Å². The summed E-state index contributed by atoms with van der Waals surface area (Å²) >= 11 is 0. The Morgan fingerprint density at radius 2 is 2.09 bits per heavy atom. The molecule has 2 N–H and O–H groups in total. The first-order chi connectivity index (χ1) is 10.1. The van der Waals surface area contributed by atoms with Gasteiger partial charge in [0.05, 0.1) is 7.11 Å². The van der Waals surface area contributed by atoms with E-state index in [0.717, 1.165) is 43.4 Å². The predicted molar refractivity (Wildman–Crippen MR) is 91.5 cm³/mol. The molecule has 2 atom stereocenters. The summed E-state index contributed by atoms with van der Waals surface area (Å²) in [4.78, 5) is 14.3. The molecule has 1 aromatic rings. The van der Waals surface area contributed by atoms with E-state index >= 15 is 0 Å². The lowest BCUT2D eigenvalue weighted by molar-refractivity contribution is -0.135. The highest BCUT2D eigenvalue weighted by Gasteiger charge is 2.27. The van der Waals surface area contributed by atoms with Crippen LogP contribution in [0, 0.1) is 5.92 Å². The largest absolute Gasteiger partial charge is 0.496 e. The summed E-state index contributed by atoms with van der Waals surface area (Å²) in [6.07, 6.45) is 4.74. The number of benzene rings is 1. The van der Waals surface area contributed by atoms with Gasteiger partial charge in [0.1, 0.15) is 5.75 Å². The van der Waals surface area contributed by atoms with Crippen LogP contribution in [0.4, 0.5) is 0 Å². The van der Waals surface area contributed by atoms with Gasteiger partial charge < -0.3 is 15.4 Å². The molecule has 0 radical (unpaired) electrons. The summed E-state index contributed by atoms with van der Waals surface area (Å²) in [5.41, 5.74) is 7.12. The number of hydrogen-bond acceptors (Lipinski definition) is 3. The standard InChI is InChI=1S/C17H26N2O2.ClH/c1-19(17(20)14-7-5-8-15(18)12-14)11-10-13-6-3-4-9-16(13)21-2;/h3-4,6,9,14-15H,5,7-8,10-12,18H2,1-2H3;1H. The third-order valence-corrected chi connectivity index (χ3v) is 4.35. The number of nitrogens with zero attached hydrogens (tertiary/aromatic N) is 1. The first-order valence-electron chi connectivity index (χ1n) is 7.74. The van der Waals surface area contributed by atoms with Crippen LogP contribution in [0.15, 0.2) is 24.3 Å². The van der Waals surface area contributed by atoms with Crippen molar-refractivity contribution in [3.05, 3.63) is 29.8 Å². The molecule has 0 aliphatic heterocycles. The topological polar surface area (TPSA) is 55.6 Å². The highest BCUT2D eigenvalue weighted by atomic mass is 35.5. The summed E-state index contributed by atoms with van der Waals surface area (Å²) in [5, 5.41) is 0. The maximum absolute atomic E-state index is 12.5. The quantitative estimate of drug-likeness (QED) is 0.905. The molecule has 4 nitrogen and oxygen atoms in total. The second-order valence-corrected chi connectivity index (χ2v) is 5.95.